The first kappa shape index (κ1) is 16.6. The number of hydrogen-bond donors (Lipinski definition) is 1. The summed E-state index contributed by atoms with van der Waals surface area (Å²) in [6.07, 6.45) is 0.792. The number of carbonyl (C=O) groups excluding carboxylic acids is 3. The standard InChI is InChI=1S/C24H17NO3/c26-22-15-9-4-5-10-16(15)23(27)21-17(22)11-6-12-20(21)25-24(28)19-13-18(19)14-7-2-1-3-8-14/h1-12,18-19H,13H2,(H,25,28)/t18-,19-/m1/s1. The van der Waals surface area contributed by atoms with Crippen LogP contribution in [0, 0.1) is 5.92 Å². The molecule has 1 amide bonds. The van der Waals surface area contributed by atoms with Gasteiger partial charge < -0.3 is 5.32 Å². The quantitative estimate of drug-likeness (QED) is 0.590. The molecular weight excluding hydrogens is 350 g/mol. The van der Waals surface area contributed by atoms with Crippen molar-refractivity contribution in [1.82, 2.24) is 0 Å². The molecule has 4 heteroatoms. The van der Waals surface area contributed by atoms with Crippen molar-refractivity contribution in [3.63, 3.8) is 0 Å². The van der Waals surface area contributed by atoms with Crippen molar-refractivity contribution in [2.75, 3.05) is 5.32 Å². The van der Waals surface area contributed by atoms with Gasteiger partial charge in [0.2, 0.25) is 5.91 Å². The molecule has 2 atom stereocenters. The molecule has 0 aliphatic heterocycles. The van der Waals surface area contributed by atoms with Crippen LogP contribution in [0.2, 0.25) is 0 Å². The topological polar surface area (TPSA) is 63.2 Å². The van der Waals surface area contributed by atoms with E-state index in [9.17, 15) is 14.4 Å². The lowest BCUT2D eigenvalue weighted by Gasteiger charge is -2.20. The van der Waals surface area contributed by atoms with E-state index in [1.807, 2.05) is 30.3 Å². The third-order valence-electron chi connectivity index (χ3n) is 5.57. The van der Waals surface area contributed by atoms with E-state index in [4.69, 9.17) is 0 Å². The van der Waals surface area contributed by atoms with Crippen LogP contribution < -0.4 is 5.32 Å². The molecule has 136 valence electrons. The van der Waals surface area contributed by atoms with Crippen LogP contribution in [0.15, 0.2) is 72.8 Å². The smallest absolute Gasteiger partial charge is 0.228 e. The second kappa shape index (κ2) is 6.27. The van der Waals surface area contributed by atoms with Gasteiger partial charge in [0.25, 0.3) is 0 Å². The zero-order valence-electron chi connectivity index (χ0n) is 15.0. The van der Waals surface area contributed by atoms with Crippen molar-refractivity contribution < 1.29 is 14.4 Å². The maximum absolute atomic E-state index is 13.0. The summed E-state index contributed by atoms with van der Waals surface area (Å²) in [6, 6.07) is 21.8. The van der Waals surface area contributed by atoms with Crippen molar-refractivity contribution >= 4 is 23.2 Å². The predicted octanol–water partition coefficient (Wildman–Crippen LogP) is 4.20. The summed E-state index contributed by atoms with van der Waals surface area (Å²) in [4.78, 5) is 38.6. The minimum Gasteiger partial charge on any atom is -0.325 e. The van der Waals surface area contributed by atoms with Crippen LogP contribution in [0.3, 0.4) is 0 Å². The molecule has 1 fully saturated rings. The maximum atomic E-state index is 13.0. The Morgan fingerprint density at radius 2 is 1.39 bits per heavy atom. The molecule has 3 aromatic carbocycles. The number of rotatable bonds is 3. The number of ketones is 2. The highest BCUT2D eigenvalue weighted by Crippen LogP contribution is 2.48. The average molecular weight is 367 g/mol. The Balaban J connectivity index is 1.44. The highest BCUT2D eigenvalue weighted by molar-refractivity contribution is 6.30. The van der Waals surface area contributed by atoms with Gasteiger partial charge in [0.05, 0.1) is 11.3 Å². The Hall–Kier alpha value is -3.53. The van der Waals surface area contributed by atoms with E-state index in [0.717, 1.165) is 12.0 Å². The highest BCUT2D eigenvalue weighted by atomic mass is 16.2. The summed E-state index contributed by atoms with van der Waals surface area (Å²) < 4.78 is 0. The summed E-state index contributed by atoms with van der Waals surface area (Å²) in [7, 11) is 0. The molecule has 3 aromatic rings. The van der Waals surface area contributed by atoms with E-state index < -0.39 is 0 Å². The van der Waals surface area contributed by atoms with Crippen molar-refractivity contribution in [1.29, 1.82) is 0 Å². The molecule has 0 unspecified atom stereocenters. The van der Waals surface area contributed by atoms with Gasteiger partial charge in [-0.25, -0.2) is 0 Å². The number of hydrogen-bond acceptors (Lipinski definition) is 3. The molecular formula is C24H17NO3. The monoisotopic (exact) mass is 367 g/mol. The van der Waals surface area contributed by atoms with Crippen molar-refractivity contribution in [3.05, 3.63) is 101 Å². The van der Waals surface area contributed by atoms with Crippen molar-refractivity contribution in [2.24, 2.45) is 5.92 Å². The summed E-state index contributed by atoms with van der Waals surface area (Å²) >= 11 is 0. The zero-order valence-corrected chi connectivity index (χ0v) is 15.0. The fourth-order valence-electron chi connectivity index (χ4n) is 4.03. The summed E-state index contributed by atoms with van der Waals surface area (Å²) in [5.74, 6) is -0.425. The molecule has 4 nitrogen and oxygen atoms in total. The number of benzene rings is 3. The van der Waals surface area contributed by atoms with Crippen LogP contribution >= 0.6 is 0 Å². The van der Waals surface area contributed by atoms with Gasteiger partial charge in [-0.3, -0.25) is 14.4 Å². The molecule has 0 aromatic heterocycles. The van der Waals surface area contributed by atoms with Gasteiger partial charge in [0, 0.05) is 22.6 Å². The summed E-state index contributed by atoms with van der Waals surface area (Å²) in [6.45, 7) is 0. The number of amides is 1. The van der Waals surface area contributed by atoms with Crippen molar-refractivity contribution in [3.8, 4) is 0 Å². The Bertz CT molecular complexity index is 1130. The Morgan fingerprint density at radius 1 is 0.750 bits per heavy atom. The van der Waals surface area contributed by atoms with Crippen LogP contribution in [0.5, 0.6) is 0 Å². The molecule has 2 aliphatic carbocycles. The van der Waals surface area contributed by atoms with Crippen LogP contribution in [0.1, 0.15) is 49.7 Å². The van der Waals surface area contributed by atoms with Gasteiger partial charge in [-0.15, -0.1) is 0 Å². The lowest BCUT2D eigenvalue weighted by Crippen LogP contribution is -2.24. The van der Waals surface area contributed by atoms with Gasteiger partial charge in [0.15, 0.2) is 11.6 Å². The number of nitrogens with one attached hydrogen (secondary N) is 1. The SMILES string of the molecule is O=C1c2ccccc2C(=O)c2c(NC(=O)[C@@H]3C[C@@H]3c3ccccc3)cccc21. The minimum absolute atomic E-state index is 0.110. The lowest BCUT2D eigenvalue weighted by molar-refractivity contribution is -0.117. The zero-order chi connectivity index (χ0) is 19.3. The first-order valence-corrected chi connectivity index (χ1v) is 9.32. The molecule has 0 spiro atoms. The van der Waals surface area contributed by atoms with E-state index in [0.29, 0.717) is 22.4 Å². The van der Waals surface area contributed by atoms with Crippen LogP contribution in [0.25, 0.3) is 0 Å². The lowest BCUT2D eigenvalue weighted by atomic mass is 9.83. The Morgan fingerprint density at radius 3 is 2.14 bits per heavy atom. The fraction of sp³-hybridized carbons (Fsp3) is 0.125. The first-order chi connectivity index (χ1) is 13.6. The molecule has 0 heterocycles. The van der Waals surface area contributed by atoms with E-state index >= 15 is 0 Å². The van der Waals surface area contributed by atoms with E-state index in [1.54, 1.807) is 42.5 Å². The third-order valence-corrected chi connectivity index (χ3v) is 5.57. The normalized spacial score (nSPS) is 19.6. The van der Waals surface area contributed by atoms with E-state index in [1.165, 1.54) is 0 Å². The number of carbonyl (C=O) groups is 3. The molecule has 28 heavy (non-hydrogen) atoms. The molecule has 2 aliphatic rings. The molecule has 5 rings (SSSR count). The van der Waals surface area contributed by atoms with E-state index in [2.05, 4.69) is 5.32 Å². The molecule has 1 N–H and O–H groups in total. The van der Waals surface area contributed by atoms with Gasteiger partial charge >= 0.3 is 0 Å². The first-order valence-electron chi connectivity index (χ1n) is 9.32. The van der Waals surface area contributed by atoms with Crippen LogP contribution in [-0.4, -0.2) is 17.5 Å². The highest BCUT2D eigenvalue weighted by Gasteiger charge is 2.44. The minimum atomic E-state index is -0.225. The molecule has 0 bridgehead atoms. The average Bonchev–Trinajstić information content (AvgIpc) is 3.54. The van der Waals surface area contributed by atoms with Gasteiger partial charge in [-0.05, 0) is 24.0 Å². The molecule has 0 saturated heterocycles. The summed E-state index contributed by atoms with van der Waals surface area (Å²) in [5.41, 5.74) is 2.99. The number of anilines is 1. The van der Waals surface area contributed by atoms with Gasteiger partial charge in [-0.1, -0.05) is 66.7 Å². The summed E-state index contributed by atoms with van der Waals surface area (Å²) in [5, 5.41) is 2.90. The van der Waals surface area contributed by atoms with Gasteiger partial charge in [0.1, 0.15) is 0 Å². The van der Waals surface area contributed by atoms with Crippen LogP contribution in [0.4, 0.5) is 5.69 Å². The largest absolute Gasteiger partial charge is 0.325 e. The Labute approximate surface area is 162 Å². The maximum Gasteiger partial charge on any atom is 0.228 e. The third kappa shape index (κ3) is 2.57. The fourth-order valence-corrected chi connectivity index (χ4v) is 4.03. The van der Waals surface area contributed by atoms with Crippen LogP contribution in [-0.2, 0) is 4.79 Å². The second-order valence-electron chi connectivity index (χ2n) is 7.28. The van der Waals surface area contributed by atoms with Gasteiger partial charge in [-0.2, -0.15) is 0 Å². The van der Waals surface area contributed by atoms with Crippen molar-refractivity contribution in [2.45, 2.75) is 12.3 Å². The second-order valence-corrected chi connectivity index (χ2v) is 7.28. The Kier molecular flexibility index (Phi) is 3.72. The predicted molar refractivity (Wildman–Crippen MR) is 106 cm³/mol. The van der Waals surface area contributed by atoms with E-state index in [-0.39, 0.29) is 34.9 Å². The molecule has 0 radical (unpaired) electrons. The number of fused-ring (bicyclic) bond motifs is 2. The molecule has 1 saturated carbocycles.